The molecule has 0 bridgehead atoms. The van der Waals surface area contributed by atoms with Gasteiger partial charge < -0.3 is 4.90 Å². The van der Waals surface area contributed by atoms with Gasteiger partial charge in [-0.25, -0.2) is 31.6 Å². The summed E-state index contributed by atoms with van der Waals surface area (Å²) in [5.74, 6) is -9.20. The normalized spacial score (nSPS) is 14.1. The highest BCUT2D eigenvalue weighted by molar-refractivity contribution is 6.10. The average molecular weight is 852 g/mol. The van der Waals surface area contributed by atoms with Gasteiger partial charge in [0.15, 0.2) is 23.3 Å². The van der Waals surface area contributed by atoms with Crippen molar-refractivity contribution in [1.82, 2.24) is 19.3 Å². The van der Waals surface area contributed by atoms with E-state index in [0.29, 0.717) is 11.4 Å². The van der Waals surface area contributed by atoms with Crippen LogP contribution in [0, 0.1) is 29.1 Å². The molecule has 4 heterocycles. The molecule has 0 spiro atoms. The Bertz CT molecular complexity index is 3140. The summed E-state index contributed by atoms with van der Waals surface area (Å²) in [5, 5.41) is 7.20. The molecule has 0 amide bonds. The molecule has 63 heavy (non-hydrogen) atoms. The first-order valence-corrected chi connectivity index (χ1v) is 21.2. The molecule has 10 heteroatoms. The van der Waals surface area contributed by atoms with Crippen LogP contribution >= 0.6 is 0 Å². The van der Waals surface area contributed by atoms with Crippen LogP contribution in [0.15, 0.2) is 103 Å². The first kappa shape index (κ1) is 42.0. The first-order chi connectivity index (χ1) is 29.5. The quantitative estimate of drug-likeness (QED) is 0.101. The molecule has 0 saturated heterocycles. The zero-order chi connectivity index (χ0) is 45.3. The van der Waals surface area contributed by atoms with Crippen LogP contribution in [0.1, 0.15) is 104 Å². The van der Waals surface area contributed by atoms with Crippen molar-refractivity contribution in [1.29, 1.82) is 0 Å². The Balaban J connectivity index is 1.33. The van der Waals surface area contributed by atoms with E-state index in [1.165, 1.54) is 0 Å². The summed E-state index contributed by atoms with van der Waals surface area (Å²) in [5.41, 5.74) is 5.58. The number of nitrogens with zero attached hydrogens (tertiary/aromatic N) is 5. The molecule has 322 valence electrons. The van der Waals surface area contributed by atoms with Gasteiger partial charge in [0.05, 0.1) is 45.0 Å². The van der Waals surface area contributed by atoms with Crippen molar-refractivity contribution in [3.05, 3.63) is 160 Å². The third-order valence-electron chi connectivity index (χ3n) is 12.5. The highest BCUT2D eigenvalue weighted by Gasteiger charge is 2.41. The van der Waals surface area contributed by atoms with Crippen LogP contribution in [0.3, 0.4) is 0 Å². The lowest BCUT2D eigenvalue weighted by Gasteiger charge is -2.42. The number of hydrogen-bond donors (Lipinski definition) is 0. The van der Waals surface area contributed by atoms with Crippen molar-refractivity contribution in [2.24, 2.45) is 0 Å². The molecule has 0 atom stereocenters. The predicted molar refractivity (Wildman–Crippen MR) is 244 cm³/mol. The van der Waals surface area contributed by atoms with Gasteiger partial charge in [-0.2, -0.15) is 5.10 Å². The highest BCUT2D eigenvalue weighted by atomic mass is 19.2. The summed E-state index contributed by atoms with van der Waals surface area (Å²) in [6.07, 6.45) is 1.87. The van der Waals surface area contributed by atoms with Crippen LogP contribution in [-0.2, 0) is 21.7 Å². The van der Waals surface area contributed by atoms with Gasteiger partial charge in [0.25, 0.3) is 0 Å². The summed E-state index contributed by atoms with van der Waals surface area (Å²) >= 11 is 0. The van der Waals surface area contributed by atoms with E-state index in [1.54, 1.807) is 25.5 Å². The third-order valence-corrected chi connectivity index (χ3v) is 12.5. The largest absolute Gasteiger partial charge is 0.310 e. The number of rotatable bonds is 4. The highest BCUT2D eigenvalue weighted by Crippen LogP contribution is 2.53. The second kappa shape index (κ2) is 14.1. The van der Waals surface area contributed by atoms with Crippen molar-refractivity contribution >= 4 is 38.9 Å². The van der Waals surface area contributed by atoms with Crippen molar-refractivity contribution in [3.63, 3.8) is 0 Å². The lowest BCUT2D eigenvalue weighted by atomic mass is 9.73. The van der Waals surface area contributed by atoms with Crippen LogP contribution in [0.25, 0.3) is 44.4 Å². The van der Waals surface area contributed by atoms with E-state index in [0.717, 1.165) is 61.4 Å². The van der Waals surface area contributed by atoms with E-state index in [4.69, 9.17) is 10.1 Å². The molecule has 0 saturated carbocycles. The van der Waals surface area contributed by atoms with Crippen LogP contribution in [0.5, 0.6) is 0 Å². The summed E-state index contributed by atoms with van der Waals surface area (Å²) < 4.78 is 80.2. The summed E-state index contributed by atoms with van der Waals surface area (Å²) in [6, 6.07) is 33.3. The molecule has 0 fully saturated rings. The van der Waals surface area contributed by atoms with E-state index >= 15 is 17.6 Å². The third kappa shape index (κ3) is 6.46. The Morgan fingerprint density at radius 2 is 1.13 bits per heavy atom. The molecule has 8 aromatic rings. The second-order valence-corrected chi connectivity index (χ2v) is 20.3. The number of benzene rings is 5. The SMILES string of the molecule is CC(C)(C)c1ccnc(-n2c3ccccc3c3ccc(N4c5ccccc5C(C)(C)c5ccc(-n6nc(C(C)(C)C)c(-c7c(F)c(F)c(F)c(F)c7F)c6C(C)(C)C)cc54)cc32)c1. The average Bonchev–Trinajstić information content (AvgIpc) is 3.80. The van der Waals surface area contributed by atoms with Crippen LogP contribution < -0.4 is 4.90 Å². The second-order valence-electron chi connectivity index (χ2n) is 20.3. The van der Waals surface area contributed by atoms with E-state index < -0.39 is 50.9 Å². The smallest absolute Gasteiger partial charge is 0.200 e. The zero-order valence-electron chi connectivity index (χ0n) is 37.4. The maximum Gasteiger partial charge on any atom is 0.200 e. The minimum atomic E-state index is -2.21. The lowest BCUT2D eigenvalue weighted by Crippen LogP contribution is -2.31. The van der Waals surface area contributed by atoms with Crippen LogP contribution in [-0.4, -0.2) is 19.3 Å². The van der Waals surface area contributed by atoms with Gasteiger partial charge >= 0.3 is 0 Å². The van der Waals surface area contributed by atoms with Gasteiger partial charge in [0, 0.05) is 44.5 Å². The van der Waals surface area contributed by atoms with Crippen LogP contribution in [0.2, 0.25) is 0 Å². The number of pyridine rings is 1. The number of anilines is 3. The van der Waals surface area contributed by atoms with E-state index in [9.17, 15) is 4.39 Å². The number of para-hydroxylation sites is 2. The van der Waals surface area contributed by atoms with Crippen molar-refractivity contribution < 1.29 is 22.0 Å². The first-order valence-electron chi connectivity index (χ1n) is 21.2. The van der Waals surface area contributed by atoms with Gasteiger partial charge in [-0.15, -0.1) is 0 Å². The molecule has 0 unspecified atom stereocenters. The molecule has 9 rings (SSSR count). The van der Waals surface area contributed by atoms with Gasteiger partial charge in [-0.1, -0.05) is 125 Å². The fourth-order valence-corrected chi connectivity index (χ4v) is 9.35. The van der Waals surface area contributed by atoms with Crippen molar-refractivity contribution in [3.8, 4) is 22.6 Å². The monoisotopic (exact) mass is 851 g/mol. The van der Waals surface area contributed by atoms with Gasteiger partial charge in [-0.05, 0) is 70.6 Å². The van der Waals surface area contributed by atoms with E-state index in [-0.39, 0.29) is 16.7 Å². The number of hydrogen-bond acceptors (Lipinski definition) is 3. The topological polar surface area (TPSA) is 38.9 Å². The van der Waals surface area contributed by atoms with Crippen LogP contribution in [0.4, 0.5) is 39.0 Å². The molecule has 0 N–H and O–H groups in total. The fraction of sp³-hybridized carbons (Fsp3) is 0.283. The standard InChI is InChI=1S/C53H50F5N5/c1-50(2,3)29-24-25-59-40(26-29)62-36-18-14-12-16-32(36)33-22-20-30(27-38(33)62)61-37-19-15-13-17-34(37)53(10,11)35-23-21-31(28-39(35)61)63-49(52(7,8)9)42(48(60-63)51(4,5)6)41-43(54)45(56)47(58)46(57)44(41)55/h12-28H,1-11H3. The summed E-state index contributed by atoms with van der Waals surface area (Å²) in [6.45, 7) is 21.9. The molecule has 1 aliphatic heterocycles. The number of halogens is 5. The Hall–Kier alpha value is -6.29. The van der Waals surface area contributed by atoms with E-state index in [2.05, 4.69) is 98.7 Å². The minimum absolute atomic E-state index is 0.100. The zero-order valence-corrected chi connectivity index (χ0v) is 37.4. The molecule has 5 nitrogen and oxygen atoms in total. The minimum Gasteiger partial charge on any atom is -0.310 e. The van der Waals surface area contributed by atoms with E-state index in [1.807, 2.05) is 69.4 Å². The Kier molecular flexibility index (Phi) is 9.41. The summed E-state index contributed by atoms with van der Waals surface area (Å²) in [7, 11) is 0. The van der Waals surface area contributed by atoms with Crippen molar-refractivity contribution in [2.75, 3.05) is 4.90 Å². The molecule has 3 aromatic heterocycles. The molecule has 5 aromatic carbocycles. The maximum atomic E-state index is 15.9. The fourth-order valence-electron chi connectivity index (χ4n) is 9.35. The molecular weight excluding hydrogens is 802 g/mol. The summed E-state index contributed by atoms with van der Waals surface area (Å²) in [4.78, 5) is 7.14. The molecule has 0 aliphatic carbocycles. The number of fused-ring (bicyclic) bond motifs is 5. The Morgan fingerprint density at radius 3 is 1.79 bits per heavy atom. The van der Waals surface area contributed by atoms with Crippen molar-refractivity contribution in [2.45, 2.75) is 97.8 Å². The molecular formula is C53H50F5N5. The molecule has 0 radical (unpaired) electrons. The lowest BCUT2D eigenvalue weighted by molar-refractivity contribution is 0.381. The Labute approximate surface area is 364 Å². The Morgan fingerprint density at radius 1 is 0.524 bits per heavy atom. The number of aromatic nitrogens is 4. The van der Waals surface area contributed by atoms with Gasteiger partial charge in [0.2, 0.25) is 5.82 Å². The van der Waals surface area contributed by atoms with Gasteiger partial charge in [-0.3, -0.25) is 4.57 Å². The van der Waals surface area contributed by atoms with Gasteiger partial charge in [0.1, 0.15) is 5.82 Å². The molecule has 1 aliphatic rings. The predicted octanol–water partition coefficient (Wildman–Crippen LogP) is 14.7. The maximum absolute atomic E-state index is 15.9.